The van der Waals surface area contributed by atoms with Gasteiger partial charge in [0.2, 0.25) is 0 Å². The van der Waals surface area contributed by atoms with E-state index in [2.05, 4.69) is 23.5 Å². The lowest BCUT2D eigenvalue weighted by Gasteiger charge is -2.33. The molecule has 2 N–H and O–H groups in total. The minimum atomic E-state index is -0.898. The number of aromatic carboxylic acids is 1. The van der Waals surface area contributed by atoms with Crippen LogP contribution in [0.5, 0.6) is 5.75 Å². The van der Waals surface area contributed by atoms with Crippen LogP contribution < -0.4 is 15.0 Å². The molecular weight excluding hydrogens is 432 g/mol. The van der Waals surface area contributed by atoms with Crippen LogP contribution >= 0.6 is 0 Å². The number of pyridine rings is 1. The van der Waals surface area contributed by atoms with Gasteiger partial charge in [-0.25, -0.2) is 9.78 Å². The molecule has 1 aliphatic heterocycles. The van der Waals surface area contributed by atoms with Gasteiger partial charge in [-0.3, -0.25) is 4.79 Å². The summed E-state index contributed by atoms with van der Waals surface area (Å²) < 4.78 is 6.05. The van der Waals surface area contributed by atoms with Crippen molar-refractivity contribution >= 4 is 17.7 Å². The molecule has 0 radical (unpaired) electrons. The molecule has 178 valence electrons. The molecule has 1 aromatic carbocycles. The van der Waals surface area contributed by atoms with Crippen molar-refractivity contribution in [3.8, 4) is 5.75 Å². The van der Waals surface area contributed by atoms with Crippen molar-refractivity contribution < 1.29 is 19.4 Å². The van der Waals surface area contributed by atoms with E-state index in [4.69, 9.17) is 4.74 Å². The minimum absolute atomic E-state index is 0.163. The van der Waals surface area contributed by atoms with Gasteiger partial charge in [0.05, 0.1) is 23.4 Å². The zero-order chi connectivity index (χ0) is 24.4. The molecule has 0 fully saturated rings. The number of carboxylic acids is 1. The predicted molar refractivity (Wildman–Crippen MR) is 130 cm³/mol. The minimum Gasteiger partial charge on any atom is -0.493 e. The fourth-order valence-electron chi connectivity index (χ4n) is 4.74. The second-order valence-electron chi connectivity index (χ2n) is 8.46. The summed E-state index contributed by atoms with van der Waals surface area (Å²) in [5, 5.41) is 12.6. The summed E-state index contributed by atoms with van der Waals surface area (Å²) >= 11 is 0. The molecule has 0 saturated heterocycles. The van der Waals surface area contributed by atoms with Crippen LogP contribution in [-0.4, -0.2) is 53.2 Å². The topological polar surface area (TPSA) is 95.0 Å². The van der Waals surface area contributed by atoms with Crippen LogP contribution in [0.15, 0.2) is 49.5 Å². The molecule has 0 saturated carbocycles. The van der Waals surface area contributed by atoms with E-state index in [1.165, 1.54) is 0 Å². The SMILES string of the molecule is C=CNC1C(=C)N(C)C(=O)c2cc(CCOc3ccc(C(=O)O)c4c3CCC4)cnc2N1CC. The standard InChI is InChI=1S/C26H30N4O4/c1-5-27-23-16(3)29(4)25(31)21-14-17(15-28-24(21)30(23)6-2)12-13-34-22-11-10-20(26(32)33)18-8-7-9-19(18)22/h5,10-11,14-15,23,27H,1,3,6-9,12-13H2,2,4H3,(H,32,33). The highest BCUT2D eigenvalue weighted by atomic mass is 16.5. The summed E-state index contributed by atoms with van der Waals surface area (Å²) in [7, 11) is 1.71. The highest BCUT2D eigenvalue weighted by Gasteiger charge is 2.34. The average molecular weight is 463 g/mol. The van der Waals surface area contributed by atoms with E-state index in [9.17, 15) is 14.7 Å². The average Bonchev–Trinajstić information content (AvgIpc) is 3.31. The Morgan fingerprint density at radius 3 is 2.82 bits per heavy atom. The van der Waals surface area contributed by atoms with E-state index < -0.39 is 5.97 Å². The number of carboxylic acid groups (broad SMARTS) is 1. The number of carbonyl (C=O) groups excluding carboxylic acids is 1. The fourth-order valence-corrected chi connectivity index (χ4v) is 4.74. The second kappa shape index (κ2) is 9.59. The Kier molecular flexibility index (Phi) is 6.58. The van der Waals surface area contributed by atoms with E-state index in [-0.39, 0.29) is 12.1 Å². The normalized spacial score (nSPS) is 17.2. The first-order valence-corrected chi connectivity index (χ1v) is 11.5. The quantitative estimate of drug-likeness (QED) is 0.621. The molecule has 8 heteroatoms. The molecule has 0 bridgehead atoms. The number of nitrogens with one attached hydrogen (secondary N) is 1. The maximum absolute atomic E-state index is 13.2. The molecule has 2 aromatic rings. The lowest BCUT2D eigenvalue weighted by Crippen LogP contribution is -2.47. The number of ether oxygens (including phenoxy) is 1. The van der Waals surface area contributed by atoms with Gasteiger partial charge < -0.3 is 25.0 Å². The summed E-state index contributed by atoms with van der Waals surface area (Å²) in [4.78, 5) is 32.9. The van der Waals surface area contributed by atoms with Crippen molar-refractivity contribution in [2.24, 2.45) is 0 Å². The molecule has 0 spiro atoms. The van der Waals surface area contributed by atoms with Crippen molar-refractivity contribution in [2.45, 2.75) is 38.8 Å². The van der Waals surface area contributed by atoms with Gasteiger partial charge in [-0.1, -0.05) is 13.2 Å². The zero-order valence-electron chi connectivity index (χ0n) is 19.6. The monoisotopic (exact) mass is 462 g/mol. The number of fused-ring (bicyclic) bond motifs is 2. The van der Waals surface area contributed by atoms with Crippen LogP contribution in [0.4, 0.5) is 5.82 Å². The summed E-state index contributed by atoms with van der Waals surface area (Å²) in [6.07, 6.45) is 6.12. The number of anilines is 1. The van der Waals surface area contributed by atoms with Gasteiger partial charge in [-0.2, -0.15) is 0 Å². The van der Waals surface area contributed by atoms with Crippen molar-refractivity contribution in [3.05, 3.63) is 77.3 Å². The number of hydrogen-bond donors (Lipinski definition) is 2. The van der Waals surface area contributed by atoms with E-state index in [1.807, 2.05) is 17.9 Å². The molecule has 1 aliphatic carbocycles. The predicted octanol–water partition coefficient (Wildman–Crippen LogP) is 3.37. The summed E-state index contributed by atoms with van der Waals surface area (Å²) in [5.41, 5.74) is 4.26. The van der Waals surface area contributed by atoms with E-state index in [1.54, 1.807) is 36.5 Å². The molecule has 8 nitrogen and oxygen atoms in total. The summed E-state index contributed by atoms with van der Waals surface area (Å²) in [5.74, 6) is 0.279. The van der Waals surface area contributed by atoms with E-state index in [0.29, 0.717) is 42.2 Å². The first-order chi connectivity index (χ1) is 16.4. The molecule has 1 aromatic heterocycles. The Labute approximate surface area is 199 Å². The smallest absolute Gasteiger partial charge is 0.335 e. The Morgan fingerprint density at radius 1 is 1.35 bits per heavy atom. The third-order valence-corrected chi connectivity index (χ3v) is 6.53. The van der Waals surface area contributed by atoms with Gasteiger partial charge >= 0.3 is 5.97 Å². The van der Waals surface area contributed by atoms with Crippen LogP contribution in [0.3, 0.4) is 0 Å². The van der Waals surface area contributed by atoms with Crippen molar-refractivity contribution in [1.82, 2.24) is 15.2 Å². The molecule has 1 unspecified atom stereocenters. The fraction of sp³-hybridized carbons (Fsp3) is 0.346. The first kappa shape index (κ1) is 23.4. The third kappa shape index (κ3) is 4.11. The Bertz CT molecular complexity index is 1160. The molecule has 2 heterocycles. The molecule has 1 atom stereocenters. The highest BCUT2D eigenvalue weighted by Crippen LogP contribution is 2.34. The number of likely N-dealkylation sites (N-methyl/N-ethyl adjacent to an activating group) is 2. The van der Waals surface area contributed by atoms with Gasteiger partial charge in [-0.05, 0) is 67.3 Å². The van der Waals surface area contributed by atoms with Crippen LogP contribution in [0, 0.1) is 0 Å². The number of aromatic nitrogens is 1. The summed E-state index contributed by atoms with van der Waals surface area (Å²) in [6.45, 7) is 10.9. The number of amides is 1. The lowest BCUT2D eigenvalue weighted by atomic mass is 10.0. The maximum Gasteiger partial charge on any atom is 0.335 e. The number of carbonyl (C=O) groups is 2. The van der Waals surface area contributed by atoms with Gasteiger partial charge in [0.1, 0.15) is 17.7 Å². The Balaban J connectivity index is 1.54. The second-order valence-corrected chi connectivity index (χ2v) is 8.46. The van der Waals surface area contributed by atoms with Crippen molar-refractivity contribution in [1.29, 1.82) is 0 Å². The van der Waals surface area contributed by atoms with Gasteiger partial charge in [-0.15, -0.1) is 0 Å². The van der Waals surface area contributed by atoms with E-state index >= 15 is 0 Å². The van der Waals surface area contributed by atoms with Crippen LogP contribution in [0.25, 0.3) is 0 Å². The van der Waals surface area contributed by atoms with Crippen LogP contribution in [0.1, 0.15) is 50.8 Å². The zero-order valence-corrected chi connectivity index (χ0v) is 19.6. The Morgan fingerprint density at radius 2 is 2.12 bits per heavy atom. The van der Waals surface area contributed by atoms with Gasteiger partial charge in [0.15, 0.2) is 0 Å². The van der Waals surface area contributed by atoms with Gasteiger partial charge in [0, 0.05) is 26.2 Å². The van der Waals surface area contributed by atoms with Crippen molar-refractivity contribution in [3.63, 3.8) is 0 Å². The molecule has 4 rings (SSSR count). The molecule has 1 amide bonds. The number of nitrogens with zero attached hydrogens (tertiary/aromatic N) is 3. The number of hydrogen-bond acceptors (Lipinski definition) is 6. The third-order valence-electron chi connectivity index (χ3n) is 6.53. The van der Waals surface area contributed by atoms with E-state index in [0.717, 1.165) is 41.7 Å². The number of benzene rings is 1. The van der Waals surface area contributed by atoms with Crippen LogP contribution in [-0.2, 0) is 19.3 Å². The Hall–Kier alpha value is -3.81. The van der Waals surface area contributed by atoms with Gasteiger partial charge in [0.25, 0.3) is 5.91 Å². The maximum atomic E-state index is 13.2. The largest absolute Gasteiger partial charge is 0.493 e. The first-order valence-electron chi connectivity index (χ1n) is 11.5. The highest BCUT2D eigenvalue weighted by molar-refractivity contribution is 6.01. The lowest BCUT2D eigenvalue weighted by molar-refractivity contribution is 0.0695. The van der Waals surface area contributed by atoms with Crippen molar-refractivity contribution in [2.75, 3.05) is 25.1 Å². The molecular formula is C26H30N4O4. The van der Waals surface area contributed by atoms with Crippen LogP contribution in [0.2, 0.25) is 0 Å². The number of rotatable bonds is 8. The molecule has 2 aliphatic rings. The molecule has 34 heavy (non-hydrogen) atoms. The summed E-state index contributed by atoms with van der Waals surface area (Å²) in [6, 6.07) is 5.24.